The lowest BCUT2D eigenvalue weighted by atomic mass is 10.3. The Morgan fingerprint density at radius 1 is 1.47 bits per heavy atom. The maximum Gasteiger partial charge on any atom is 0.302 e. The largest absolute Gasteiger partial charge is 0.486 e. The number of carbonyl (C=O) groups is 1. The molecule has 1 aromatic carbocycles. The third-order valence-corrected chi connectivity index (χ3v) is 2.04. The van der Waals surface area contributed by atoms with E-state index in [2.05, 4.69) is 0 Å². The number of hydrogen-bond acceptors (Lipinski definition) is 4. The fourth-order valence-electron chi connectivity index (χ4n) is 1.36. The first-order valence-corrected chi connectivity index (χ1v) is 4.77. The molecule has 0 bridgehead atoms. The summed E-state index contributed by atoms with van der Waals surface area (Å²) in [6.07, 6.45) is -0.219. The summed E-state index contributed by atoms with van der Waals surface area (Å²) in [6.45, 7) is 2.01. The minimum Gasteiger partial charge on any atom is -0.486 e. The zero-order valence-electron chi connectivity index (χ0n) is 8.43. The number of carbonyl (C=O) groups excluding carboxylic acids is 1. The second-order valence-corrected chi connectivity index (χ2v) is 3.30. The Morgan fingerprint density at radius 2 is 2.20 bits per heavy atom. The molecule has 1 aliphatic rings. The van der Waals surface area contributed by atoms with Crippen molar-refractivity contribution < 1.29 is 19.0 Å². The summed E-state index contributed by atoms with van der Waals surface area (Å²) in [7, 11) is 0. The van der Waals surface area contributed by atoms with Crippen molar-refractivity contribution in [3.63, 3.8) is 0 Å². The van der Waals surface area contributed by atoms with Gasteiger partial charge in [0.25, 0.3) is 0 Å². The summed E-state index contributed by atoms with van der Waals surface area (Å²) in [4.78, 5) is 10.6. The van der Waals surface area contributed by atoms with E-state index in [0.29, 0.717) is 12.4 Å². The molecule has 0 spiro atoms. The van der Waals surface area contributed by atoms with Crippen LogP contribution in [-0.4, -0.2) is 25.3 Å². The summed E-state index contributed by atoms with van der Waals surface area (Å²) in [5.41, 5.74) is 0. The molecule has 0 fully saturated rings. The Bertz CT molecular complexity index is 361. The van der Waals surface area contributed by atoms with Crippen LogP contribution in [-0.2, 0) is 9.53 Å². The molecule has 0 saturated heterocycles. The molecule has 1 atom stereocenters. The first kappa shape index (κ1) is 9.83. The monoisotopic (exact) mass is 208 g/mol. The van der Waals surface area contributed by atoms with Gasteiger partial charge < -0.3 is 14.2 Å². The highest BCUT2D eigenvalue weighted by atomic mass is 16.6. The number of para-hydroxylation sites is 2. The van der Waals surface area contributed by atoms with E-state index >= 15 is 0 Å². The maximum atomic E-state index is 10.6. The summed E-state index contributed by atoms with van der Waals surface area (Å²) < 4.78 is 15.9. The van der Waals surface area contributed by atoms with Gasteiger partial charge >= 0.3 is 5.97 Å². The Kier molecular flexibility index (Phi) is 2.76. The van der Waals surface area contributed by atoms with E-state index in [1.165, 1.54) is 6.92 Å². The molecule has 80 valence electrons. The minimum absolute atomic E-state index is 0.219. The predicted octanol–water partition coefficient (Wildman–Crippen LogP) is 1.39. The molecule has 0 saturated carbocycles. The van der Waals surface area contributed by atoms with Crippen LogP contribution in [0.15, 0.2) is 24.3 Å². The van der Waals surface area contributed by atoms with E-state index in [1.807, 2.05) is 24.3 Å². The zero-order valence-corrected chi connectivity index (χ0v) is 8.43. The van der Waals surface area contributed by atoms with Crippen molar-refractivity contribution in [2.45, 2.75) is 13.0 Å². The second-order valence-electron chi connectivity index (χ2n) is 3.30. The number of esters is 1. The molecule has 4 nitrogen and oxygen atoms in total. The van der Waals surface area contributed by atoms with Crippen molar-refractivity contribution in [2.24, 2.45) is 0 Å². The van der Waals surface area contributed by atoms with Gasteiger partial charge in [-0.1, -0.05) is 12.1 Å². The third-order valence-electron chi connectivity index (χ3n) is 2.04. The maximum absolute atomic E-state index is 10.6. The van der Waals surface area contributed by atoms with Crippen LogP contribution in [0.5, 0.6) is 11.5 Å². The van der Waals surface area contributed by atoms with E-state index in [4.69, 9.17) is 14.2 Å². The molecule has 0 aliphatic carbocycles. The van der Waals surface area contributed by atoms with Gasteiger partial charge in [0, 0.05) is 6.92 Å². The van der Waals surface area contributed by atoms with Gasteiger partial charge in [0.1, 0.15) is 13.2 Å². The van der Waals surface area contributed by atoms with Crippen molar-refractivity contribution in [3.8, 4) is 11.5 Å². The first-order chi connectivity index (χ1) is 7.25. The molecule has 0 amide bonds. The normalized spacial score (nSPS) is 18.3. The van der Waals surface area contributed by atoms with Crippen LogP contribution in [0.3, 0.4) is 0 Å². The molecule has 0 unspecified atom stereocenters. The van der Waals surface area contributed by atoms with E-state index in [1.54, 1.807) is 0 Å². The summed E-state index contributed by atoms with van der Waals surface area (Å²) in [5, 5.41) is 0. The molecule has 0 N–H and O–H groups in total. The Hall–Kier alpha value is -1.71. The van der Waals surface area contributed by atoms with Crippen molar-refractivity contribution in [2.75, 3.05) is 13.2 Å². The zero-order chi connectivity index (χ0) is 10.7. The van der Waals surface area contributed by atoms with Gasteiger partial charge in [-0.15, -0.1) is 0 Å². The SMILES string of the molecule is CC(=O)OC[C@H]1COc2ccccc2O1. The Morgan fingerprint density at radius 3 is 2.93 bits per heavy atom. The summed E-state index contributed by atoms with van der Waals surface area (Å²) in [6, 6.07) is 7.43. The highest BCUT2D eigenvalue weighted by Crippen LogP contribution is 2.30. The van der Waals surface area contributed by atoms with Gasteiger partial charge in [-0.3, -0.25) is 4.79 Å². The molecule has 2 rings (SSSR count). The topological polar surface area (TPSA) is 44.8 Å². The van der Waals surface area contributed by atoms with Crippen LogP contribution in [0, 0.1) is 0 Å². The van der Waals surface area contributed by atoms with Crippen LogP contribution in [0.4, 0.5) is 0 Å². The van der Waals surface area contributed by atoms with Gasteiger partial charge in [-0.05, 0) is 12.1 Å². The van der Waals surface area contributed by atoms with Crippen molar-refractivity contribution in [3.05, 3.63) is 24.3 Å². The van der Waals surface area contributed by atoms with Gasteiger partial charge in [0.15, 0.2) is 17.6 Å². The number of rotatable bonds is 2. The number of benzene rings is 1. The quantitative estimate of drug-likeness (QED) is 0.689. The van der Waals surface area contributed by atoms with Crippen molar-refractivity contribution in [1.82, 2.24) is 0 Å². The van der Waals surface area contributed by atoms with Crippen LogP contribution in [0.1, 0.15) is 6.92 Å². The molecule has 1 aliphatic heterocycles. The lowest BCUT2D eigenvalue weighted by Gasteiger charge is -2.25. The van der Waals surface area contributed by atoms with Gasteiger partial charge in [-0.25, -0.2) is 0 Å². The van der Waals surface area contributed by atoms with E-state index in [-0.39, 0.29) is 18.7 Å². The average Bonchev–Trinajstić information content (AvgIpc) is 2.26. The molecule has 0 aromatic heterocycles. The van der Waals surface area contributed by atoms with Crippen molar-refractivity contribution in [1.29, 1.82) is 0 Å². The third kappa shape index (κ3) is 2.40. The Balaban J connectivity index is 1.96. The van der Waals surface area contributed by atoms with E-state index in [0.717, 1.165) is 5.75 Å². The molecular formula is C11H12O4. The van der Waals surface area contributed by atoms with E-state index in [9.17, 15) is 4.79 Å². The minimum atomic E-state index is -0.308. The number of fused-ring (bicyclic) bond motifs is 1. The highest BCUT2D eigenvalue weighted by molar-refractivity contribution is 5.65. The second kappa shape index (κ2) is 4.21. The molecule has 15 heavy (non-hydrogen) atoms. The molecule has 1 heterocycles. The predicted molar refractivity (Wildman–Crippen MR) is 53.0 cm³/mol. The van der Waals surface area contributed by atoms with Gasteiger partial charge in [0.2, 0.25) is 0 Å². The fraction of sp³-hybridized carbons (Fsp3) is 0.364. The lowest BCUT2D eigenvalue weighted by molar-refractivity contribution is -0.144. The Labute approximate surface area is 87.8 Å². The van der Waals surface area contributed by atoms with Crippen LogP contribution in [0.2, 0.25) is 0 Å². The summed E-state index contributed by atoms with van der Waals surface area (Å²) in [5.74, 6) is 1.12. The average molecular weight is 208 g/mol. The van der Waals surface area contributed by atoms with Crippen LogP contribution >= 0.6 is 0 Å². The number of ether oxygens (including phenoxy) is 3. The van der Waals surface area contributed by atoms with Crippen LogP contribution in [0.25, 0.3) is 0 Å². The fourth-order valence-corrected chi connectivity index (χ4v) is 1.36. The number of hydrogen-bond donors (Lipinski definition) is 0. The first-order valence-electron chi connectivity index (χ1n) is 4.77. The highest BCUT2D eigenvalue weighted by Gasteiger charge is 2.21. The van der Waals surface area contributed by atoms with E-state index < -0.39 is 0 Å². The molecular weight excluding hydrogens is 196 g/mol. The van der Waals surface area contributed by atoms with Crippen molar-refractivity contribution >= 4 is 5.97 Å². The molecule has 1 aromatic rings. The lowest BCUT2D eigenvalue weighted by Crippen LogP contribution is -2.33. The smallest absolute Gasteiger partial charge is 0.302 e. The standard InChI is InChI=1S/C11H12O4/c1-8(12)13-6-9-7-14-10-4-2-3-5-11(10)15-9/h2-5,9H,6-7H2,1H3/t9-/m0/s1. The van der Waals surface area contributed by atoms with Gasteiger partial charge in [-0.2, -0.15) is 0 Å². The molecule has 0 radical (unpaired) electrons. The summed E-state index contributed by atoms with van der Waals surface area (Å²) >= 11 is 0. The molecule has 4 heteroatoms. The van der Waals surface area contributed by atoms with Crippen LogP contribution < -0.4 is 9.47 Å². The van der Waals surface area contributed by atoms with Gasteiger partial charge in [0.05, 0.1) is 0 Å².